The molecule has 0 spiro atoms. The molecule has 0 aliphatic heterocycles. The van der Waals surface area contributed by atoms with Crippen LogP contribution in [0.4, 0.5) is 14.5 Å². The fourth-order valence-electron chi connectivity index (χ4n) is 3.60. The van der Waals surface area contributed by atoms with Crippen molar-refractivity contribution in [3.05, 3.63) is 115 Å². The predicted octanol–water partition coefficient (Wildman–Crippen LogP) is 4.82. The van der Waals surface area contributed by atoms with Crippen LogP contribution < -0.4 is 10.1 Å². The molecule has 0 aliphatic rings. The number of halogens is 2. The van der Waals surface area contributed by atoms with Crippen LogP contribution >= 0.6 is 11.3 Å². The van der Waals surface area contributed by atoms with Gasteiger partial charge in [-0.05, 0) is 60.7 Å². The lowest BCUT2D eigenvalue weighted by Crippen LogP contribution is -2.23. The zero-order valence-corrected chi connectivity index (χ0v) is 17.6. The normalized spacial score (nSPS) is 11.9. The molecule has 33 heavy (non-hydrogen) atoms. The van der Waals surface area contributed by atoms with Crippen molar-refractivity contribution in [2.24, 2.45) is 0 Å². The van der Waals surface area contributed by atoms with Crippen molar-refractivity contribution in [2.45, 2.75) is 0 Å². The molecule has 162 valence electrons. The van der Waals surface area contributed by atoms with Gasteiger partial charge in [0, 0.05) is 17.2 Å². The number of nitro groups is 1. The summed E-state index contributed by atoms with van der Waals surface area (Å²) in [5, 5.41) is 11.3. The van der Waals surface area contributed by atoms with Gasteiger partial charge >= 0.3 is 0 Å². The van der Waals surface area contributed by atoms with Gasteiger partial charge in [0.15, 0.2) is 4.96 Å². The molecule has 0 saturated carbocycles. The van der Waals surface area contributed by atoms with E-state index in [4.69, 9.17) is 0 Å². The standard InChI is InChI=1S/C24H13F2N3O3S/c25-17-9-5-14(6-10-17)21-22(15-7-11-18(26)12-8-15)28-23(30)20(33-24(28)27-21)13-16-3-1-2-4-19(16)29(31)32/h1-13H/b20-13-. The first-order valence-corrected chi connectivity index (χ1v) is 10.6. The molecule has 6 nitrogen and oxygen atoms in total. The van der Waals surface area contributed by atoms with Crippen LogP contribution in [0.15, 0.2) is 77.6 Å². The van der Waals surface area contributed by atoms with Gasteiger partial charge in [-0.25, -0.2) is 18.2 Å². The van der Waals surface area contributed by atoms with E-state index in [0.717, 1.165) is 11.3 Å². The molecule has 2 heterocycles. The van der Waals surface area contributed by atoms with Gasteiger partial charge in [0.1, 0.15) is 11.6 Å². The molecular weight excluding hydrogens is 448 g/mol. The van der Waals surface area contributed by atoms with E-state index in [1.807, 2.05) is 0 Å². The Hall–Kier alpha value is -4.24. The largest absolute Gasteiger partial charge is 0.276 e. The van der Waals surface area contributed by atoms with E-state index in [1.54, 1.807) is 30.3 Å². The first-order valence-electron chi connectivity index (χ1n) is 9.74. The lowest BCUT2D eigenvalue weighted by Gasteiger charge is -2.05. The third-order valence-corrected chi connectivity index (χ3v) is 6.09. The number of thiazole rings is 1. The van der Waals surface area contributed by atoms with Gasteiger partial charge in [0.25, 0.3) is 11.2 Å². The number of nitrogens with zero attached hydrogens (tertiary/aromatic N) is 3. The number of aromatic nitrogens is 2. The number of hydrogen-bond donors (Lipinski definition) is 0. The van der Waals surface area contributed by atoms with Gasteiger partial charge < -0.3 is 0 Å². The van der Waals surface area contributed by atoms with E-state index in [0.29, 0.717) is 33.0 Å². The minimum atomic E-state index is -0.508. The van der Waals surface area contributed by atoms with Crippen molar-refractivity contribution >= 4 is 28.1 Å². The van der Waals surface area contributed by atoms with E-state index in [2.05, 4.69) is 4.98 Å². The molecule has 0 aliphatic carbocycles. The molecule has 0 atom stereocenters. The van der Waals surface area contributed by atoms with Gasteiger partial charge in [0.2, 0.25) is 0 Å². The number of imidazole rings is 1. The average Bonchev–Trinajstić information content (AvgIpc) is 3.32. The van der Waals surface area contributed by atoms with Crippen LogP contribution in [0.25, 0.3) is 33.6 Å². The van der Waals surface area contributed by atoms with Crippen LogP contribution in [-0.4, -0.2) is 14.3 Å². The van der Waals surface area contributed by atoms with Crippen molar-refractivity contribution in [2.75, 3.05) is 0 Å². The van der Waals surface area contributed by atoms with E-state index in [-0.39, 0.29) is 10.2 Å². The number of para-hydroxylation sites is 1. The fraction of sp³-hybridized carbons (Fsp3) is 0. The van der Waals surface area contributed by atoms with Crippen LogP contribution in [0, 0.1) is 21.7 Å². The van der Waals surface area contributed by atoms with Crippen LogP contribution in [0.3, 0.4) is 0 Å². The van der Waals surface area contributed by atoms with Crippen LogP contribution in [-0.2, 0) is 0 Å². The Morgan fingerprint density at radius 1 is 0.909 bits per heavy atom. The summed E-state index contributed by atoms with van der Waals surface area (Å²) in [5.41, 5.74) is 1.79. The predicted molar refractivity (Wildman–Crippen MR) is 122 cm³/mol. The smallest absolute Gasteiger partial charge is 0.267 e. The highest BCUT2D eigenvalue weighted by atomic mass is 32.1. The minimum Gasteiger partial charge on any atom is -0.267 e. The Morgan fingerprint density at radius 3 is 2.15 bits per heavy atom. The Morgan fingerprint density at radius 2 is 1.52 bits per heavy atom. The van der Waals surface area contributed by atoms with Crippen LogP contribution in [0.5, 0.6) is 0 Å². The van der Waals surface area contributed by atoms with Crippen molar-refractivity contribution in [1.29, 1.82) is 0 Å². The molecular formula is C24H13F2N3O3S. The highest BCUT2D eigenvalue weighted by Gasteiger charge is 2.21. The number of fused-ring (bicyclic) bond motifs is 1. The maximum atomic E-state index is 13.6. The maximum absolute atomic E-state index is 13.6. The Balaban J connectivity index is 1.79. The van der Waals surface area contributed by atoms with Gasteiger partial charge in [0.05, 0.1) is 26.4 Å². The quantitative estimate of drug-likeness (QED) is 0.284. The first-order chi connectivity index (χ1) is 15.9. The highest BCUT2D eigenvalue weighted by Crippen LogP contribution is 2.33. The number of nitro benzene ring substituents is 1. The Kier molecular flexibility index (Phi) is 5.02. The molecule has 0 amide bonds. The summed E-state index contributed by atoms with van der Waals surface area (Å²) in [6.07, 6.45) is 1.46. The molecule has 0 bridgehead atoms. The van der Waals surface area contributed by atoms with Crippen molar-refractivity contribution in [1.82, 2.24) is 9.38 Å². The third kappa shape index (κ3) is 3.68. The van der Waals surface area contributed by atoms with Gasteiger partial charge in [-0.3, -0.25) is 14.9 Å². The van der Waals surface area contributed by atoms with E-state index >= 15 is 0 Å². The Labute approximate surface area is 188 Å². The topological polar surface area (TPSA) is 77.5 Å². The number of benzene rings is 3. The summed E-state index contributed by atoms with van der Waals surface area (Å²) in [5.74, 6) is -0.838. The molecule has 0 N–H and O–H groups in total. The average molecular weight is 461 g/mol. The van der Waals surface area contributed by atoms with Crippen LogP contribution in [0.1, 0.15) is 5.56 Å². The highest BCUT2D eigenvalue weighted by molar-refractivity contribution is 7.15. The van der Waals surface area contributed by atoms with Gasteiger partial charge in [-0.1, -0.05) is 23.5 Å². The molecule has 2 aromatic heterocycles. The molecule has 3 aromatic carbocycles. The lowest BCUT2D eigenvalue weighted by molar-refractivity contribution is -0.385. The molecule has 0 saturated heterocycles. The number of rotatable bonds is 4. The number of hydrogen-bond acceptors (Lipinski definition) is 5. The summed E-state index contributed by atoms with van der Waals surface area (Å²) in [7, 11) is 0. The Bertz CT molecular complexity index is 1630. The SMILES string of the molecule is O=c1/c(=C/c2ccccc2[N+](=O)[O-])sc2nc(-c3ccc(F)cc3)c(-c3ccc(F)cc3)n12. The summed E-state index contributed by atoms with van der Waals surface area (Å²) < 4.78 is 28.7. The summed E-state index contributed by atoms with van der Waals surface area (Å²) in [4.78, 5) is 29.2. The lowest BCUT2D eigenvalue weighted by atomic mass is 10.0. The summed E-state index contributed by atoms with van der Waals surface area (Å²) in [6, 6.07) is 17.5. The third-order valence-electron chi connectivity index (χ3n) is 5.12. The zero-order chi connectivity index (χ0) is 23.1. The molecule has 0 fully saturated rings. The van der Waals surface area contributed by atoms with Crippen molar-refractivity contribution in [3.63, 3.8) is 0 Å². The van der Waals surface area contributed by atoms with Gasteiger partial charge in [-0.2, -0.15) is 0 Å². The second kappa shape index (κ2) is 8.03. The van der Waals surface area contributed by atoms with Crippen molar-refractivity contribution in [3.8, 4) is 22.5 Å². The van der Waals surface area contributed by atoms with E-state index in [9.17, 15) is 23.7 Å². The molecule has 5 aromatic rings. The molecule has 5 rings (SSSR count). The van der Waals surface area contributed by atoms with E-state index in [1.165, 1.54) is 52.9 Å². The minimum absolute atomic E-state index is 0.117. The van der Waals surface area contributed by atoms with E-state index < -0.39 is 22.1 Å². The second-order valence-electron chi connectivity index (χ2n) is 7.17. The summed E-state index contributed by atoms with van der Waals surface area (Å²) in [6.45, 7) is 0. The maximum Gasteiger partial charge on any atom is 0.276 e. The molecule has 0 unspecified atom stereocenters. The molecule has 9 heteroatoms. The summed E-state index contributed by atoms with van der Waals surface area (Å²) >= 11 is 1.08. The zero-order valence-electron chi connectivity index (χ0n) is 16.7. The monoisotopic (exact) mass is 461 g/mol. The first kappa shape index (κ1) is 20.7. The van der Waals surface area contributed by atoms with Gasteiger partial charge in [-0.15, -0.1) is 0 Å². The molecule has 0 radical (unpaired) electrons. The van der Waals surface area contributed by atoms with Crippen LogP contribution in [0.2, 0.25) is 0 Å². The fourth-order valence-corrected chi connectivity index (χ4v) is 4.56. The second-order valence-corrected chi connectivity index (χ2v) is 8.18. The van der Waals surface area contributed by atoms with Crippen molar-refractivity contribution < 1.29 is 13.7 Å².